The van der Waals surface area contributed by atoms with Crippen molar-refractivity contribution in [2.75, 3.05) is 26.7 Å². The molecule has 0 bridgehead atoms. The van der Waals surface area contributed by atoms with Gasteiger partial charge in [0.2, 0.25) is 0 Å². The van der Waals surface area contributed by atoms with E-state index in [1.165, 1.54) is 16.6 Å². The maximum atomic E-state index is 12.6. The monoisotopic (exact) mass is 317 g/mol. The van der Waals surface area contributed by atoms with Gasteiger partial charge in [-0.1, -0.05) is 6.07 Å². The third-order valence-electron chi connectivity index (χ3n) is 3.84. The van der Waals surface area contributed by atoms with Gasteiger partial charge in [0.15, 0.2) is 5.03 Å². The van der Waals surface area contributed by atoms with E-state index in [1.807, 2.05) is 20.9 Å². The minimum atomic E-state index is -3.53. The number of rotatable bonds is 3. The molecule has 0 spiro atoms. The van der Waals surface area contributed by atoms with Gasteiger partial charge >= 0.3 is 0 Å². The second kappa shape index (κ2) is 5.60. The van der Waals surface area contributed by atoms with Gasteiger partial charge in [-0.15, -0.1) is 11.6 Å². The van der Waals surface area contributed by atoms with Crippen LogP contribution >= 0.6 is 11.6 Å². The average Bonchev–Trinajstić information content (AvgIpc) is 2.41. The SMILES string of the molecule is CN1CCN(S(=O)(=O)c2ccc(CCl)cn2)CC1(C)C. The van der Waals surface area contributed by atoms with Gasteiger partial charge in [0.05, 0.1) is 0 Å². The molecule has 0 N–H and O–H groups in total. The number of aromatic nitrogens is 1. The predicted molar refractivity (Wildman–Crippen MR) is 79.3 cm³/mol. The Morgan fingerprint density at radius 3 is 2.55 bits per heavy atom. The van der Waals surface area contributed by atoms with Crippen molar-refractivity contribution in [2.45, 2.75) is 30.3 Å². The number of pyridine rings is 1. The summed E-state index contributed by atoms with van der Waals surface area (Å²) in [6, 6.07) is 3.23. The van der Waals surface area contributed by atoms with Crippen LogP contribution in [0.5, 0.6) is 0 Å². The summed E-state index contributed by atoms with van der Waals surface area (Å²) in [4.78, 5) is 6.21. The smallest absolute Gasteiger partial charge is 0.260 e. The van der Waals surface area contributed by atoms with E-state index in [-0.39, 0.29) is 10.6 Å². The van der Waals surface area contributed by atoms with Crippen molar-refractivity contribution in [3.05, 3.63) is 23.9 Å². The molecule has 7 heteroatoms. The van der Waals surface area contributed by atoms with E-state index in [1.54, 1.807) is 6.07 Å². The van der Waals surface area contributed by atoms with Crippen LogP contribution in [0.1, 0.15) is 19.4 Å². The summed E-state index contributed by atoms with van der Waals surface area (Å²) in [5, 5.41) is 0.0896. The zero-order valence-corrected chi connectivity index (χ0v) is 13.6. The largest absolute Gasteiger partial charge is 0.299 e. The van der Waals surface area contributed by atoms with E-state index in [2.05, 4.69) is 9.88 Å². The molecule has 20 heavy (non-hydrogen) atoms. The normalized spacial score (nSPS) is 21.0. The van der Waals surface area contributed by atoms with E-state index in [9.17, 15) is 8.42 Å². The summed E-state index contributed by atoms with van der Waals surface area (Å²) in [5.74, 6) is 0.328. The summed E-state index contributed by atoms with van der Waals surface area (Å²) < 4.78 is 26.7. The number of hydrogen-bond acceptors (Lipinski definition) is 4. The van der Waals surface area contributed by atoms with Gasteiger partial charge in [0, 0.05) is 37.3 Å². The Labute approximate surface area is 125 Å². The number of halogens is 1. The second-order valence-corrected chi connectivity index (χ2v) is 7.86. The van der Waals surface area contributed by atoms with Crippen molar-refractivity contribution in [3.63, 3.8) is 0 Å². The standard InChI is InChI=1S/C13H20ClN3O2S/c1-13(2)10-17(7-6-16(13)3)20(18,19)12-5-4-11(8-14)9-15-12/h4-5,9H,6-8,10H2,1-3H3. The molecule has 1 aliphatic heterocycles. The Bertz CT molecular complexity index is 572. The van der Waals surface area contributed by atoms with Gasteiger partial charge in [-0.2, -0.15) is 4.31 Å². The number of likely N-dealkylation sites (N-methyl/N-ethyl adjacent to an activating group) is 1. The molecule has 0 saturated carbocycles. The van der Waals surface area contributed by atoms with Crippen LogP contribution in [-0.2, 0) is 15.9 Å². The molecule has 0 aromatic carbocycles. The topological polar surface area (TPSA) is 53.5 Å². The number of nitrogens with zero attached hydrogens (tertiary/aromatic N) is 3. The van der Waals surface area contributed by atoms with Gasteiger partial charge < -0.3 is 0 Å². The zero-order valence-electron chi connectivity index (χ0n) is 12.0. The van der Waals surface area contributed by atoms with E-state index in [0.29, 0.717) is 25.5 Å². The molecule has 1 fully saturated rings. The van der Waals surface area contributed by atoms with Crippen LogP contribution in [-0.4, -0.2) is 54.8 Å². The lowest BCUT2D eigenvalue weighted by Gasteiger charge is -2.44. The maximum absolute atomic E-state index is 12.6. The molecular formula is C13H20ClN3O2S. The number of hydrogen-bond donors (Lipinski definition) is 0. The third-order valence-corrected chi connectivity index (χ3v) is 5.91. The molecule has 1 aliphatic rings. The van der Waals surface area contributed by atoms with Gasteiger partial charge in [0.1, 0.15) is 0 Å². The van der Waals surface area contributed by atoms with E-state index >= 15 is 0 Å². The summed E-state index contributed by atoms with van der Waals surface area (Å²) in [6.45, 7) is 5.75. The Kier molecular flexibility index (Phi) is 4.39. The summed E-state index contributed by atoms with van der Waals surface area (Å²) in [7, 11) is -1.52. The summed E-state index contributed by atoms with van der Waals surface area (Å²) >= 11 is 5.69. The van der Waals surface area contributed by atoms with Gasteiger partial charge in [-0.05, 0) is 32.5 Å². The lowest BCUT2D eigenvalue weighted by Crippen LogP contribution is -2.58. The van der Waals surface area contributed by atoms with Crippen molar-refractivity contribution in [2.24, 2.45) is 0 Å². The number of sulfonamides is 1. The first-order valence-corrected chi connectivity index (χ1v) is 8.47. The number of piperazine rings is 1. The summed E-state index contributed by atoms with van der Waals surface area (Å²) in [6.07, 6.45) is 1.51. The number of alkyl halides is 1. The fraction of sp³-hybridized carbons (Fsp3) is 0.615. The molecule has 0 radical (unpaired) electrons. The van der Waals surface area contributed by atoms with Crippen molar-refractivity contribution in [3.8, 4) is 0 Å². The minimum absolute atomic E-state index is 0.0896. The zero-order chi connectivity index (χ0) is 15.0. The lowest BCUT2D eigenvalue weighted by molar-refractivity contribution is 0.0800. The highest BCUT2D eigenvalue weighted by Gasteiger charge is 2.37. The van der Waals surface area contributed by atoms with Crippen LogP contribution < -0.4 is 0 Å². The van der Waals surface area contributed by atoms with Crippen LogP contribution in [0.2, 0.25) is 0 Å². The van der Waals surface area contributed by atoms with Crippen LogP contribution in [0.4, 0.5) is 0 Å². The fourth-order valence-corrected chi connectivity index (χ4v) is 3.83. The molecule has 0 aliphatic carbocycles. The van der Waals surface area contributed by atoms with Crippen LogP contribution in [0, 0.1) is 0 Å². The average molecular weight is 318 g/mol. The first-order chi connectivity index (χ1) is 9.27. The quantitative estimate of drug-likeness (QED) is 0.794. The molecule has 112 valence electrons. The Hall–Kier alpha value is -0.690. The Morgan fingerprint density at radius 1 is 1.35 bits per heavy atom. The highest BCUT2D eigenvalue weighted by Crippen LogP contribution is 2.24. The first-order valence-electron chi connectivity index (χ1n) is 6.50. The van der Waals surface area contributed by atoms with Crippen LogP contribution in [0.15, 0.2) is 23.4 Å². The van der Waals surface area contributed by atoms with Crippen molar-refractivity contribution in [1.29, 1.82) is 0 Å². The Morgan fingerprint density at radius 2 is 2.05 bits per heavy atom. The van der Waals surface area contributed by atoms with Gasteiger partial charge in [-0.25, -0.2) is 13.4 Å². The molecule has 0 unspecified atom stereocenters. The predicted octanol–water partition coefficient (Wildman–Crippen LogP) is 1.54. The van der Waals surface area contributed by atoms with Crippen molar-refractivity contribution in [1.82, 2.24) is 14.2 Å². The van der Waals surface area contributed by atoms with Crippen molar-refractivity contribution < 1.29 is 8.42 Å². The molecule has 1 saturated heterocycles. The first kappa shape index (κ1) is 15.7. The van der Waals surface area contributed by atoms with E-state index < -0.39 is 10.0 Å². The highest BCUT2D eigenvalue weighted by atomic mass is 35.5. The van der Waals surface area contributed by atoms with Crippen molar-refractivity contribution >= 4 is 21.6 Å². The molecule has 0 amide bonds. The molecular weight excluding hydrogens is 298 g/mol. The van der Waals surface area contributed by atoms with Crippen LogP contribution in [0.25, 0.3) is 0 Å². The molecule has 1 aromatic heterocycles. The van der Waals surface area contributed by atoms with E-state index in [0.717, 1.165) is 5.56 Å². The van der Waals surface area contributed by atoms with Gasteiger partial charge in [-0.3, -0.25) is 4.90 Å². The van der Waals surface area contributed by atoms with Gasteiger partial charge in [0.25, 0.3) is 10.0 Å². The molecule has 5 nitrogen and oxygen atoms in total. The molecule has 0 atom stereocenters. The molecule has 1 aromatic rings. The molecule has 2 rings (SSSR count). The maximum Gasteiger partial charge on any atom is 0.260 e. The minimum Gasteiger partial charge on any atom is -0.299 e. The van der Waals surface area contributed by atoms with Crippen LogP contribution in [0.3, 0.4) is 0 Å². The third kappa shape index (κ3) is 2.98. The fourth-order valence-electron chi connectivity index (χ4n) is 2.18. The molecule has 2 heterocycles. The highest BCUT2D eigenvalue weighted by molar-refractivity contribution is 7.89. The van der Waals surface area contributed by atoms with E-state index in [4.69, 9.17) is 11.6 Å². The lowest BCUT2D eigenvalue weighted by atomic mass is 10.0. The Balaban J connectivity index is 2.26. The second-order valence-electron chi connectivity index (χ2n) is 5.71. The summed E-state index contributed by atoms with van der Waals surface area (Å²) in [5.41, 5.74) is 0.630.